The Morgan fingerprint density at radius 2 is 1.90 bits per heavy atom. The van der Waals surface area contributed by atoms with Gasteiger partial charge in [-0.25, -0.2) is 4.79 Å². The van der Waals surface area contributed by atoms with Crippen molar-refractivity contribution in [3.8, 4) is 0 Å². The summed E-state index contributed by atoms with van der Waals surface area (Å²) in [6, 6.07) is 4.38. The van der Waals surface area contributed by atoms with E-state index in [0.717, 1.165) is 11.1 Å². The number of benzene rings is 1. The SMILES string of the molecule is CC(C)(C)[C@H](NC(=O)c1ccc2c(c1)COC2)C(=O)O. The molecule has 1 aliphatic rings. The minimum absolute atomic E-state index is 0.373. The van der Waals surface area contributed by atoms with Gasteiger partial charge in [0.15, 0.2) is 0 Å². The number of hydrogen-bond acceptors (Lipinski definition) is 3. The van der Waals surface area contributed by atoms with Crippen LogP contribution in [0, 0.1) is 5.41 Å². The zero-order valence-corrected chi connectivity index (χ0v) is 11.9. The molecular weight excluding hydrogens is 258 g/mol. The van der Waals surface area contributed by atoms with E-state index in [1.807, 2.05) is 6.07 Å². The maximum absolute atomic E-state index is 12.2. The minimum Gasteiger partial charge on any atom is -0.480 e. The quantitative estimate of drug-likeness (QED) is 0.885. The van der Waals surface area contributed by atoms with Crippen molar-refractivity contribution in [1.82, 2.24) is 5.32 Å². The second-order valence-corrected chi connectivity index (χ2v) is 6.09. The first-order valence-electron chi connectivity index (χ1n) is 6.52. The molecule has 2 N–H and O–H groups in total. The van der Waals surface area contributed by atoms with Crippen LogP contribution in [0.2, 0.25) is 0 Å². The number of nitrogens with one attached hydrogen (secondary N) is 1. The molecule has 1 aromatic rings. The van der Waals surface area contributed by atoms with Gasteiger partial charge in [-0.1, -0.05) is 26.8 Å². The molecule has 0 saturated carbocycles. The molecule has 5 nitrogen and oxygen atoms in total. The molecule has 0 radical (unpaired) electrons. The van der Waals surface area contributed by atoms with Gasteiger partial charge >= 0.3 is 5.97 Å². The highest BCUT2D eigenvalue weighted by molar-refractivity contribution is 5.97. The number of carbonyl (C=O) groups excluding carboxylic acids is 1. The second-order valence-electron chi connectivity index (χ2n) is 6.09. The van der Waals surface area contributed by atoms with Gasteiger partial charge in [0.25, 0.3) is 5.91 Å². The van der Waals surface area contributed by atoms with E-state index in [4.69, 9.17) is 4.74 Å². The number of amides is 1. The molecular formula is C15H19NO4. The first-order chi connectivity index (χ1) is 9.29. The standard InChI is InChI=1S/C15H19NO4/c1-15(2,3)12(14(18)19)16-13(17)9-4-5-10-7-20-8-11(10)6-9/h4-6,12H,7-8H2,1-3H3,(H,16,17)(H,18,19)/t12-/m1/s1. The number of aliphatic carboxylic acids is 1. The van der Waals surface area contributed by atoms with Crippen molar-refractivity contribution >= 4 is 11.9 Å². The topological polar surface area (TPSA) is 75.6 Å². The Hall–Kier alpha value is -1.88. The van der Waals surface area contributed by atoms with Crippen molar-refractivity contribution in [2.24, 2.45) is 5.41 Å². The molecule has 1 aliphatic heterocycles. The molecule has 0 unspecified atom stereocenters. The van der Waals surface area contributed by atoms with Crippen molar-refractivity contribution in [2.45, 2.75) is 40.0 Å². The van der Waals surface area contributed by atoms with Gasteiger partial charge in [0, 0.05) is 5.56 Å². The first kappa shape index (κ1) is 14.5. The summed E-state index contributed by atoms with van der Waals surface area (Å²) in [6.45, 7) is 6.41. The van der Waals surface area contributed by atoms with Gasteiger partial charge in [-0.15, -0.1) is 0 Å². The highest BCUT2D eigenvalue weighted by Crippen LogP contribution is 2.22. The lowest BCUT2D eigenvalue weighted by atomic mass is 9.86. The fraction of sp³-hybridized carbons (Fsp3) is 0.467. The zero-order valence-electron chi connectivity index (χ0n) is 11.9. The molecule has 5 heteroatoms. The van der Waals surface area contributed by atoms with Gasteiger partial charge in [-0.05, 0) is 28.7 Å². The molecule has 20 heavy (non-hydrogen) atoms. The first-order valence-corrected chi connectivity index (χ1v) is 6.52. The van der Waals surface area contributed by atoms with E-state index in [-0.39, 0.29) is 5.91 Å². The third kappa shape index (κ3) is 2.99. The van der Waals surface area contributed by atoms with E-state index in [9.17, 15) is 14.7 Å². The predicted molar refractivity (Wildman–Crippen MR) is 73.3 cm³/mol. The third-order valence-electron chi connectivity index (χ3n) is 3.37. The monoisotopic (exact) mass is 277 g/mol. The largest absolute Gasteiger partial charge is 0.480 e. The summed E-state index contributed by atoms with van der Waals surface area (Å²) in [6.07, 6.45) is 0. The Balaban J connectivity index is 2.17. The Morgan fingerprint density at radius 1 is 1.25 bits per heavy atom. The van der Waals surface area contributed by atoms with Crippen LogP contribution in [0.4, 0.5) is 0 Å². The number of hydrogen-bond donors (Lipinski definition) is 2. The van der Waals surface area contributed by atoms with Crippen LogP contribution in [-0.4, -0.2) is 23.0 Å². The molecule has 0 bridgehead atoms. The molecule has 1 atom stereocenters. The highest BCUT2D eigenvalue weighted by Gasteiger charge is 2.32. The lowest BCUT2D eigenvalue weighted by molar-refractivity contribution is -0.142. The summed E-state index contributed by atoms with van der Waals surface area (Å²) < 4.78 is 5.30. The number of fused-ring (bicyclic) bond motifs is 1. The fourth-order valence-electron chi connectivity index (χ4n) is 2.18. The van der Waals surface area contributed by atoms with E-state index in [0.29, 0.717) is 18.8 Å². The van der Waals surface area contributed by atoms with Crippen molar-refractivity contribution in [1.29, 1.82) is 0 Å². The maximum Gasteiger partial charge on any atom is 0.326 e. The summed E-state index contributed by atoms with van der Waals surface area (Å²) >= 11 is 0. The van der Waals surface area contributed by atoms with E-state index >= 15 is 0 Å². The fourth-order valence-corrected chi connectivity index (χ4v) is 2.18. The van der Waals surface area contributed by atoms with Crippen LogP contribution >= 0.6 is 0 Å². The van der Waals surface area contributed by atoms with Crippen LogP contribution in [0.25, 0.3) is 0 Å². The van der Waals surface area contributed by atoms with Crippen LogP contribution in [0.15, 0.2) is 18.2 Å². The number of carboxylic acids is 1. The van der Waals surface area contributed by atoms with Crippen molar-refractivity contribution in [3.05, 3.63) is 34.9 Å². The van der Waals surface area contributed by atoms with Crippen LogP contribution in [0.5, 0.6) is 0 Å². The normalized spacial score (nSPS) is 15.6. The molecule has 108 valence electrons. The predicted octanol–water partition coefficient (Wildman–Crippen LogP) is 1.95. The summed E-state index contributed by atoms with van der Waals surface area (Å²) in [5.74, 6) is -1.41. The number of carboxylic acid groups (broad SMARTS) is 1. The Morgan fingerprint density at radius 3 is 2.50 bits per heavy atom. The van der Waals surface area contributed by atoms with E-state index in [1.165, 1.54) is 0 Å². The lowest BCUT2D eigenvalue weighted by Crippen LogP contribution is -2.49. The number of carbonyl (C=O) groups is 2. The molecule has 1 heterocycles. The Kier molecular flexibility index (Phi) is 3.81. The van der Waals surface area contributed by atoms with Gasteiger partial charge < -0.3 is 15.2 Å². The van der Waals surface area contributed by atoms with Crippen molar-refractivity contribution in [2.75, 3.05) is 0 Å². The van der Waals surface area contributed by atoms with E-state index < -0.39 is 17.4 Å². The lowest BCUT2D eigenvalue weighted by Gasteiger charge is -2.27. The second kappa shape index (κ2) is 5.25. The van der Waals surface area contributed by atoms with Crippen LogP contribution in [0.1, 0.15) is 42.3 Å². The van der Waals surface area contributed by atoms with Gasteiger partial charge in [-0.2, -0.15) is 0 Å². The summed E-state index contributed by atoms with van der Waals surface area (Å²) in [5.41, 5.74) is 1.97. The average Bonchev–Trinajstić information content (AvgIpc) is 2.80. The maximum atomic E-state index is 12.2. The molecule has 0 aromatic heterocycles. The summed E-state index contributed by atoms with van der Waals surface area (Å²) in [4.78, 5) is 23.5. The Labute approximate surface area is 117 Å². The molecule has 0 spiro atoms. The van der Waals surface area contributed by atoms with Crippen LogP contribution in [0.3, 0.4) is 0 Å². The van der Waals surface area contributed by atoms with Crippen LogP contribution < -0.4 is 5.32 Å². The number of ether oxygens (including phenoxy) is 1. The van der Waals surface area contributed by atoms with Crippen LogP contribution in [-0.2, 0) is 22.7 Å². The third-order valence-corrected chi connectivity index (χ3v) is 3.37. The molecule has 0 aliphatic carbocycles. The molecule has 0 saturated heterocycles. The minimum atomic E-state index is -1.03. The molecule has 1 aromatic carbocycles. The van der Waals surface area contributed by atoms with Crippen molar-refractivity contribution in [3.63, 3.8) is 0 Å². The van der Waals surface area contributed by atoms with Crippen molar-refractivity contribution < 1.29 is 19.4 Å². The van der Waals surface area contributed by atoms with Gasteiger partial charge in [0.2, 0.25) is 0 Å². The van der Waals surface area contributed by atoms with Gasteiger partial charge in [0.1, 0.15) is 6.04 Å². The van der Waals surface area contributed by atoms with E-state index in [2.05, 4.69) is 5.32 Å². The number of rotatable bonds is 3. The summed E-state index contributed by atoms with van der Waals surface area (Å²) in [5, 5.41) is 11.8. The van der Waals surface area contributed by atoms with Gasteiger partial charge in [-0.3, -0.25) is 4.79 Å². The van der Waals surface area contributed by atoms with E-state index in [1.54, 1.807) is 32.9 Å². The Bertz CT molecular complexity index is 545. The zero-order chi connectivity index (χ0) is 14.9. The average molecular weight is 277 g/mol. The summed E-state index contributed by atoms with van der Waals surface area (Å²) in [7, 11) is 0. The smallest absolute Gasteiger partial charge is 0.326 e. The molecule has 2 rings (SSSR count). The molecule has 0 fully saturated rings. The highest BCUT2D eigenvalue weighted by atomic mass is 16.5. The van der Waals surface area contributed by atoms with Gasteiger partial charge in [0.05, 0.1) is 13.2 Å². The molecule has 1 amide bonds.